The van der Waals surface area contributed by atoms with Gasteiger partial charge in [-0.15, -0.1) is 0 Å². The Morgan fingerprint density at radius 1 is 1.20 bits per heavy atom. The van der Waals surface area contributed by atoms with Crippen LogP contribution in [-0.4, -0.2) is 46.0 Å². The number of nitrogens with zero attached hydrogens (tertiary/aromatic N) is 1. The first-order chi connectivity index (χ1) is 13.7. The van der Waals surface area contributed by atoms with Gasteiger partial charge in [-0.2, -0.15) is 0 Å². The summed E-state index contributed by atoms with van der Waals surface area (Å²) >= 11 is 6.14. The maximum Gasteiger partial charge on any atom is 0.418 e. The number of carbonyl (C=O) groups excluding carboxylic acids is 5. The fourth-order valence-corrected chi connectivity index (χ4v) is 3.04. The van der Waals surface area contributed by atoms with Crippen LogP contribution in [0.5, 0.6) is 0 Å². The van der Waals surface area contributed by atoms with E-state index >= 15 is 0 Å². The minimum atomic E-state index is -1.76. The maximum atomic E-state index is 13.1. The van der Waals surface area contributed by atoms with Crippen LogP contribution in [0.2, 0.25) is 5.02 Å². The van der Waals surface area contributed by atoms with Crippen LogP contribution in [0.4, 0.5) is 10.5 Å². The largest absolute Gasteiger partial charge is 0.433 e. The lowest BCUT2D eigenvalue weighted by Gasteiger charge is -2.28. The van der Waals surface area contributed by atoms with Crippen molar-refractivity contribution in [3.05, 3.63) is 28.8 Å². The Morgan fingerprint density at radius 3 is 2.27 bits per heavy atom. The number of cyclic esters (lactones) is 1. The molecule has 1 atom stereocenters. The van der Waals surface area contributed by atoms with Gasteiger partial charge in [-0.05, 0) is 32.0 Å². The number of hydrogen-bond acceptors (Lipinski definition) is 6. The molecule has 1 aromatic rings. The van der Waals surface area contributed by atoms with Gasteiger partial charge in [0.15, 0.2) is 23.2 Å². The number of ketones is 2. The lowest BCUT2D eigenvalue weighted by atomic mass is 9.85. The van der Waals surface area contributed by atoms with Gasteiger partial charge in [-0.3, -0.25) is 19.2 Å². The van der Waals surface area contributed by atoms with Gasteiger partial charge < -0.3 is 10.1 Å². The summed E-state index contributed by atoms with van der Waals surface area (Å²) in [6.07, 6.45) is -0.827. The number of ether oxygens (including phenoxy) is 1. The number of carbonyl (C=O) groups is 5. The Hall–Kier alpha value is -2.74. The van der Waals surface area contributed by atoms with Gasteiger partial charge in [0.05, 0.1) is 10.7 Å². The molecule has 1 aromatic carbocycles. The number of imide groups is 1. The number of nitrogens with one attached hydrogen (secondary N) is 1. The molecule has 0 radical (unpaired) electrons. The van der Waals surface area contributed by atoms with Crippen molar-refractivity contribution in [2.24, 2.45) is 5.41 Å². The second kappa shape index (κ2) is 8.18. The molecule has 1 unspecified atom stereocenters. The Bertz CT molecular complexity index is 932. The van der Waals surface area contributed by atoms with E-state index in [-0.39, 0.29) is 22.9 Å². The van der Waals surface area contributed by atoms with Gasteiger partial charge in [0.1, 0.15) is 0 Å². The van der Waals surface area contributed by atoms with Crippen LogP contribution in [-0.2, 0) is 19.1 Å². The molecule has 0 aromatic heterocycles. The SMILES string of the molecule is CCC(=O)c1ccc(Cl)c(NC(=O)C(C(=O)C(C)(C)C)N2C(=O)OC(C)(C)C2=O)c1. The van der Waals surface area contributed by atoms with Crippen LogP contribution < -0.4 is 5.32 Å². The van der Waals surface area contributed by atoms with E-state index in [9.17, 15) is 24.0 Å². The summed E-state index contributed by atoms with van der Waals surface area (Å²) in [5.41, 5.74) is -2.13. The number of amides is 3. The molecule has 1 aliphatic heterocycles. The standard InChI is InChI=1S/C21H25ClN2O6/c1-7-14(25)11-8-9-12(22)13(10-11)23-17(27)15(16(26)20(2,3)4)24-18(28)21(5,6)30-19(24)29/h8-10,15H,7H2,1-6H3,(H,23,27). The predicted octanol–water partition coefficient (Wildman–Crippen LogP) is 3.61. The van der Waals surface area contributed by atoms with E-state index in [0.29, 0.717) is 10.5 Å². The molecular weight excluding hydrogens is 412 g/mol. The molecule has 1 N–H and O–H groups in total. The van der Waals surface area contributed by atoms with Crippen molar-refractivity contribution >= 4 is 46.8 Å². The van der Waals surface area contributed by atoms with Crippen molar-refractivity contribution in [3.63, 3.8) is 0 Å². The molecule has 9 heteroatoms. The first-order valence-corrected chi connectivity index (χ1v) is 9.83. The Balaban J connectivity index is 2.47. The van der Waals surface area contributed by atoms with Crippen molar-refractivity contribution in [3.8, 4) is 0 Å². The van der Waals surface area contributed by atoms with Crippen LogP contribution in [0.25, 0.3) is 0 Å². The quantitative estimate of drug-likeness (QED) is 0.538. The van der Waals surface area contributed by atoms with Gasteiger partial charge in [0.25, 0.3) is 11.8 Å². The van der Waals surface area contributed by atoms with Gasteiger partial charge in [-0.25, -0.2) is 9.69 Å². The first kappa shape index (κ1) is 23.5. The van der Waals surface area contributed by atoms with Gasteiger partial charge in [0, 0.05) is 17.4 Å². The number of Topliss-reactive ketones (excluding diaryl/α,β-unsaturated/α-hetero) is 2. The topological polar surface area (TPSA) is 110 Å². The second-order valence-corrected chi connectivity index (χ2v) is 8.94. The highest BCUT2D eigenvalue weighted by Gasteiger charge is 2.55. The Kier molecular flexibility index (Phi) is 6.42. The molecule has 0 aliphatic carbocycles. The third kappa shape index (κ3) is 4.53. The van der Waals surface area contributed by atoms with Crippen molar-refractivity contribution in [2.45, 2.75) is 59.6 Å². The zero-order valence-corrected chi connectivity index (χ0v) is 18.5. The van der Waals surface area contributed by atoms with Crippen molar-refractivity contribution in [1.29, 1.82) is 0 Å². The molecule has 0 bridgehead atoms. The molecule has 1 heterocycles. The van der Waals surface area contributed by atoms with Crippen LogP contribution in [0.1, 0.15) is 58.3 Å². The van der Waals surface area contributed by atoms with Crippen LogP contribution in [0.3, 0.4) is 0 Å². The molecule has 1 fully saturated rings. The van der Waals surface area contributed by atoms with E-state index in [1.807, 2.05) is 0 Å². The summed E-state index contributed by atoms with van der Waals surface area (Å²) in [6, 6.07) is 2.59. The number of anilines is 1. The Morgan fingerprint density at radius 2 is 1.80 bits per heavy atom. The molecule has 0 spiro atoms. The number of halogens is 1. The highest BCUT2D eigenvalue weighted by molar-refractivity contribution is 6.34. The molecule has 3 amide bonds. The van der Waals surface area contributed by atoms with E-state index in [4.69, 9.17) is 16.3 Å². The fourth-order valence-electron chi connectivity index (χ4n) is 2.87. The second-order valence-electron chi connectivity index (χ2n) is 8.53. The van der Waals surface area contributed by atoms with E-state index in [0.717, 1.165) is 0 Å². The van der Waals surface area contributed by atoms with Crippen molar-refractivity contribution in [1.82, 2.24) is 4.90 Å². The molecule has 30 heavy (non-hydrogen) atoms. The molecular formula is C21H25ClN2O6. The van der Waals surface area contributed by atoms with E-state index in [2.05, 4.69) is 5.32 Å². The third-order valence-electron chi connectivity index (χ3n) is 4.63. The zero-order valence-electron chi connectivity index (χ0n) is 17.8. The smallest absolute Gasteiger partial charge is 0.418 e. The van der Waals surface area contributed by atoms with E-state index in [1.54, 1.807) is 27.7 Å². The summed E-state index contributed by atoms with van der Waals surface area (Å²) in [5.74, 6) is -2.54. The van der Waals surface area contributed by atoms with Gasteiger partial charge in [-0.1, -0.05) is 39.3 Å². The van der Waals surface area contributed by atoms with E-state index in [1.165, 1.54) is 32.0 Å². The number of rotatable bonds is 6. The minimum Gasteiger partial charge on any atom is -0.433 e. The lowest BCUT2D eigenvalue weighted by molar-refractivity contribution is -0.145. The van der Waals surface area contributed by atoms with Crippen LogP contribution in [0.15, 0.2) is 18.2 Å². The maximum absolute atomic E-state index is 13.1. The fraction of sp³-hybridized carbons (Fsp3) is 0.476. The highest BCUT2D eigenvalue weighted by Crippen LogP contribution is 2.31. The molecule has 2 rings (SSSR count). The van der Waals surface area contributed by atoms with Crippen molar-refractivity contribution in [2.75, 3.05) is 5.32 Å². The number of hydrogen-bond donors (Lipinski definition) is 1. The molecule has 162 valence electrons. The van der Waals surface area contributed by atoms with E-state index < -0.39 is 40.7 Å². The van der Waals surface area contributed by atoms with Crippen LogP contribution >= 0.6 is 11.6 Å². The lowest BCUT2D eigenvalue weighted by Crippen LogP contribution is -2.55. The minimum absolute atomic E-state index is 0.0898. The third-order valence-corrected chi connectivity index (χ3v) is 4.96. The van der Waals surface area contributed by atoms with Crippen molar-refractivity contribution < 1.29 is 28.7 Å². The van der Waals surface area contributed by atoms with Crippen LogP contribution in [0, 0.1) is 5.41 Å². The summed E-state index contributed by atoms with van der Waals surface area (Å²) in [5, 5.41) is 2.62. The first-order valence-electron chi connectivity index (χ1n) is 9.45. The summed E-state index contributed by atoms with van der Waals surface area (Å²) < 4.78 is 5.04. The molecule has 0 saturated carbocycles. The number of benzene rings is 1. The summed E-state index contributed by atoms with van der Waals surface area (Å²) in [7, 11) is 0. The summed E-state index contributed by atoms with van der Waals surface area (Å²) in [6.45, 7) is 9.15. The average molecular weight is 437 g/mol. The normalized spacial score (nSPS) is 16.8. The molecule has 1 saturated heterocycles. The highest BCUT2D eigenvalue weighted by atomic mass is 35.5. The monoisotopic (exact) mass is 436 g/mol. The summed E-state index contributed by atoms with van der Waals surface area (Å²) in [4.78, 5) is 63.7. The Labute approximate surface area is 179 Å². The predicted molar refractivity (Wildman–Crippen MR) is 110 cm³/mol. The van der Waals surface area contributed by atoms with Gasteiger partial charge in [0.2, 0.25) is 0 Å². The van der Waals surface area contributed by atoms with Gasteiger partial charge >= 0.3 is 6.09 Å². The molecule has 1 aliphatic rings. The average Bonchev–Trinajstić information content (AvgIpc) is 2.84. The zero-order chi connectivity index (χ0) is 23.0. The molecule has 8 nitrogen and oxygen atoms in total.